The Balaban J connectivity index is 2.17. The number of halogens is 1. The molecule has 1 aromatic rings. The Bertz CT molecular complexity index is 589. The number of hydrogen-bond donors (Lipinski definition) is 1. The number of thioether (sulfide) groups is 1. The van der Waals surface area contributed by atoms with E-state index in [0.717, 1.165) is 0 Å². The minimum atomic E-state index is -0.397. The second kappa shape index (κ2) is 5.47. The summed E-state index contributed by atoms with van der Waals surface area (Å²) >= 11 is 1.26. The van der Waals surface area contributed by atoms with Crippen LogP contribution in [-0.2, 0) is 4.79 Å². The van der Waals surface area contributed by atoms with E-state index >= 15 is 0 Å². The second-order valence-electron chi connectivity index (χ2n) is 3.36. The van der Waals surface area contributed by atoms with E-state index in [9.17, 15) is 9.18 Å². The van der Waals surface area contributed by atoms with Crippen LogP contribution in [0.4, 0.5) is 4.39 Å². The fraction of sp³-hybridized carbons (Fsp3) is 0.0833. The first-order valence-electron chi connectivity index (χ1n) is 4.99. The molecule has 2 rings (SSSR count). The van der Waals surface area contributed by atoms with Gasteiger partial charge in [0.1, 0.15) is 5.82 Å². The van der Waals surface area contributed by atoms with Crippen LogP contribution in [0.25, 0.3) is 0 Å². The minimum Gasteiger partial charge on any atom is -0.303 e. The Labute approximate surface area is 107 Å². The Morgan fingerprint density at radius 1 is 1.56 bits per heavy atom. The van der Waals surface area contributed by atoms with Crippen molar-refractivity contribution in [1.29, 1.82) is 0 Å². The number of benzene rings is 1. The van der Waals surface area contributed by atoms with Crippen LogP contribution in [0, 0.1) is 18.2 Å². The fourth-order valence-corrected chi connectivity index (χ4v) is 1.93. The number of carbonyl (C=O) groups excluding carboxylic acids is 1. The van der Waals surface area contributed by atoms with Gasteiger partial charge in [0.25, 0.3) is 0 Å². The van der Waals surface area contributed by atoms with Gasteiger partial charge in [-0.2, -0.15) is 5.10 Å². The third-order valence-corrected chi connectivity index (χ3v) is 2.96. The zero-order valence-electron chi connectivity index (χ0n) is 9.18. The summed E-state index contributed by atoms with van der Waals surface area (Å²) in [7, 11) is 0. The van der Waals surface area contributed by atoms with Crippen molar-refractivity contribution in [2.24, 2.45) is 10.2 Å². The third-order valence-electron chi connectivity index (χ3n) is 2.10. The molecule has 0 saturated carbocycles. The van der Waals surface area contributed by atoms with Gasteiger partial charge in [-0.05, 0) is 18.2 Å². The number of amides is 1. The summed E-state index contributed by atoms with van der Waals surface area (Å²) in [6.45, 7) is 0. The first kappa shape index (κ1) is 12.3. The SMILES string of the molecule is C#Cc1ccc(F)cc1C=NN=C1NC(=O)CS1. The Hall–Kier alpha value is -2.13. The molecule has 0 bridgehead atoms. The molecule has 1 amide bonds. The number of nitrogens with one attached hydrogen (secondary N) is 1. The van der Waals surface area contributed by atoms with Crippen molar-refractivity contribution >= 4 is 29.1 Å². The topological polar surface area (TPSA) is 53.8 Å². The number of terminal acetylenes is 1. The van der Waals surface area contributed by atoms with Gasteiger partial charge in [0.2, 0.25) is 5.91 Å². The molecule has 0 spiro atoms. The summed E-state index contributed by atoms with van der Waals surface area (Å²) in [6.07, 6.45) is 6.64. The van der Waals surface area contributed by atoms with Crippen LogP contribution in [0.5, 0.6) is 0 Å². The molecule has 90 valence electrons. The van der Waals surface area contributed by atoms with Crippen LogP contribution in [0.3, 0.4) is 0 Å². The number of amidine groups is 1. The van der Waals surface area contributed by atoms with E-state index in [1.54, 1.807) is 0 Å². The lowest BCUT2D eigenvalue weighted by atomic mass is 10.1. The monoisotopic (exact) mass is 261 g/mol. The van der Waals surface area contributed by atoms with E-state index < -0.39 is 5.82 Å². The first-order chi connectivity index (χ1) is 8.69. The Kier molecular flexibility index (Phi) is 3.75. The van der Waals surface area contributed by atoms with Crippen molar-refractivity contribution in [3.63, 3.8) is 0 Å². The maximum atomic E-state index is 13.0. The van der Waals surface area contributed by atoms with Crippen LogP contribution in [0.2, 0.25) is 0 Å². The predicted octanol–water partition coefficient (Wildman–Crippen LogP) is 1.36. The van der Waals surface area contributed by atoms with Gasteiger partial charge in [0.05, 0.1) is 12.0 Å². The molecule has 1 aliphatic heterocycles. The largest absolute Gasteiger partial charge is 0.303 e. The van der Waals surface area contributed by atoms with Crippen LogP contribution in [-0.4, -0.2) is 23.0 Å². The highest BCUT2D eigenvalue weighted by Crippen LogP contribution is 2.10. The van der Waals surface area contributed by atoms with Gasteiger partial charge in [-0.1, -0.05) is 17.7 Å². The molecule has 4 nitrogen and oxygen atoms in total. The van der Waals surface area contributed by atoms with E-state index in [-0.39, 0.29) is 5.91 Å². The van der Waals surface area contributed by atoms with Gasteiger partial charge in [-0.3, -0.25) is 4.79 Å². The first-order valence-corrected chi connectivity index (χ1v) is 5.97. The molecule has 0 aromatic heterocycles. The van der Waals surface area contributed by atoms with Gasteiger partial charge in [0.15, 0.2) is 5.17 Å². The van der Waals surface area contributed by atoms with E-state index in [4.69, 9.17) is 6.42 Å². The standard InChI is InChI=1S/C12H8FN3OS/c1-2-8-3-4-10(13)5-9(8)6-14-16-12-15-11(17)7-18-12/h1,3-6H,7H2,(H,15,16,17). The summed E-state index contributed by atoms with van der Waals surface area (Å²) < 4.78 is 13.0. The summed E-state index contributed by atoms with van der Waals surface area (Å²) in [5.41, 5.74) is 1.000. The lowest BCUT2D eigenvalue weighted by Crippen LogP contribution is -2.19. The molecule has 1 aromatic carbocycles. The molecule has 1 N–H and O–H groups in total. The molecule has 0 radical (unpaired) electrons. The van der Waals surface area contributed by atoms with Crippen molar-refractivity contribution in [2.75, 3.05) is 5.75 Å². The number of hydrogen-bond acceptors (Lipinski definition) is 4. The number of carbonyl (C=O) groups is 1. The summed E-state index contributed by atoms with van der Waals surface area (Å²) in [4.78, 5) is 10.9. The van der Waals surface area contributed by atoms with Gasteiger partial charge in [-0.15, -0.1) is 11.5 Å². The van der Waals surface area contributed by atoms with Gasteiger partial charge in [0, 0.05) is 11.1 Å². The molecule has 6 heteroatoms. The van der Waals surface area contributed by atoms with Crippen LogP contribution < -0.4 is 5.32 Å². The molecule has 0 atom stereocenters. The smallest absolute Gasteiger partial charge is 0.236 e. The van der Waals surface area contributed by atoms with Crippen LogP contribution >= 0.6 is 11.8 Å². The quantitative estimate of drug-likeness (QED) is 0.496. The van der Waals surface area contributed by atoms with E-state index in [1.165, 1.54) is 36.2 Å². The fourth-order valence-electron chi connectivity index (χ4n) is 1.29. The van der Waals surface area contributed by atoms with Crippen molar-refractivity contribution in [1.82, 2.24) is 5.32 Å². The second-order valence-corrected chi connectivity index (χ2v) is 4.33. The number of nitrogens with zero attached hydrogens (tertiary/aromatic N) is 2. The molecule has 1 heterocycles. The predicted molar refractivity (Wildman–Crippen MR) is 70.0 cm³/mol. The van der Waals surface area contributed by atoms with Gasteiger partial charge < -0.3 is 5.32 Å². The molecule has 18 heavy (non-hydrogen) atoms. The number of rotatable bonds is 2. The highest BCUT2D eigenvalue weighted by atomic mass is 32.2. The Morgan fingerprint density at radius 2 is 2.39 bits per heavy atom. The molecule has 1 fully saturated rings. The highest BCUT2D eigenvalue weighted by Gasteiger charge is 2.15. The van der Waals surface area contributed by atoms with Gasteiger partial charge >= 0.3 is 0 Å². The summed E-state index contributed by atoms with van der Waals surface area (Å²) in [5.74, 6) is 2.26. The van der Waals surface area contributed by atoms with Crippen LogP contribution in [0.15, 0.2) is 28.4 Å². The minimum absolute atomic E-state index is 0.107. The van der Waals surface area contributed by atoms with Crippen molar-refractivity contribution in [2.45, 2.75) is 0 Å². The van der Waals surface area contributed by atoms with Gasteiger partial charge in [-0.25, -0.2) is 4.39 Å². The highest BCUT2D eigenvalue weighted by molar-refractivity contribution is 8.15. The summed E-state index contributed by atoms with van der Waals surface area (Å²) in [6, 6.07) is 4.06. The lowest BCUT2D eigenvalue weighted by Gasteiger charge is -1.97. The zero-order valence-corrected chi connectivity index (χ0v) is 10.00. The molecule has 0 aliphatic carbocycles. The normalized spacial score (nSPS) is 17.1. The summed E-state index contributed by atoms with van der Waals surface area (Å²) in [5, 5.41) is 10.5. The maximum absolute atomic E-state index is 13.0. The zero-order chi connectivity index (χ0) is 13.0. The van der Waals surface area contributed by atoms with E-state index in [2.05, 4.69) is 21.4 Å². The Morgan fingerprint density at radius 3 is 3.06 bits per heavy atom. The molecule has 0 unspecified atom stereocenters. The molecule has 1 saturated heterocycles. The van der Waals surface area contributed by atoms with Crippen molar-refractivity contribution in [3.8, 4) is 12.3 Å². The molecular weight excluding hydrogens is 253 g/mol. The molecular formula is C12H8FN3OS. The maximum Gasteiger partial charge on any atom is 0.236 e. The van der Waals surface area contributed by atoms with E-state index in [1.807, 2.05) is 0 Å². The van der Waals surface area contributed by atoms with Crippen LogP contribution in [0.1, 0.15) is 11.1 Å². The van der Waals surface area contributed by atoms with Crippen molar-refractivity contribution in [3.05, 3.63) is 35.1 Å². The third kappa shape index (κ3) is 2.96. The average Bonchev–Trinajstić information content (AvgIpc) is 2.75. The van der Waals surface area contributed by atoms with E-state index in [0.29, 0.717) is 22.0 Å². The molecule has 1 aliphatic rings. The van der Waals surface area contributed by atoms with Crippen molar-refractivity contribution < 1.29 is 9.18 Å². The lowest BCUT2D eigenvalue weighted by molar-refractivity contribution is -0.116. The average molecular weight is 261 g/mol.